The van der Waals surface area contributed by atoms with Crippen LogP contribution < -0.4 is 0 Å². The van der Waals surface area contributed by atoms with E-state index in [1.165, 1.54) is 0 Å². The van der Waals surface area contributed by atoms with Crippen molar-refractivity contribution in [3.8, 4) is 0 Å². The van der Waals surface area contributed by atoms with E-state index < -0.39 is 0 Å². The van der Waals surface area contributed by atoms with Gasteiger partial charge in [-0.2, -0.15) is 0 Å². The minimum Gasteiger partial charge on any atom is -0.112 e. The Balaban J connectivity index is 2.72. The molecule has 2 rings (SSSR count). The van der Waals surface area contributed by atoms with Gasteiger partial charge in [0.25, 0.3) is 0 Å². The minimum absolute atomic E-state index is 0.358. The lowest BCUT2D eigenvalue weighted by atomic mass is 10.1. The van der Waals surface area contributed by atoms with Gasteiger partial charge < -0.3 is 0 Å². The lowest BCUT2D eigenvalue weighted by molar-refractivity contribution is 1.23. The first-order chi connectivity index (χ1) is 6.13. The van der Waals surface area contributed by atoms with E-state index in [0.717, 1.165) is 11.1 Å². The molecule has 0 nitrogen and oxygen atoms in total. The molecular formula is C9H4Cl4. The summed E-state index contributed by atoms with van der Waals surface area (Å²) in [7, 11) is 0. The molecule has 0 spiro atoms. The van der Waals surface area contributed by atoms with E-state index in [-0.39, 0.29) is 5.38 Å². The second kappa shape index (κ2) is 3.36. The second-order valence-corrected chi connectivity index (χ2v) is 4.36. The van der Waals surface area contributed by atoms with Gasteiger partial charge >= 0.3 is 0 Å². The van der Waals surface area contributed by atoms with Crippen LogP contribution >= 0.6 is 46.4 Å². The average Bonchev–Trinajstić information content (AvgIpc) is 2.33. The van der Waals surface area contributed by atoms with E-state index >= 15 is 0 Å². The molecule has 0 aromatic heterocycles. The largest absolute Gasteiger partial charge is 0.112 e. The van der Waals surface area contributed by atoms with Gasteiger partial charge in [-0.25, -0.2) is 0 Å². The molecule has 68 valence electrons. The average molecular weight is 254 g/mol. The summed E-state index contributed by atoms with van der Waals surface area (Å²) >= 11 is 23.9. The second-order valence-electron chi connectivity index (χ2n) is 2.73. The van der Waals surface area contributed by atoms with Crippen molar-refractivity contribution in [1.82, 2.24) is 0 Å². The Bertz CT molecular complexity index is 395. The van der Waals surface area contributed by atoms with Crippen LogP contribution in [0.5, 0.6) is 0 Å². The summed E-state index contributed by atoms with van der Waals surface area (Å²) in [5.74, 6) is 0. The van der Waals surface area contributed by atoms with Crippen molar-refractivity contribution in [3.63, 3.8) is 0 Å². The van der Waals surface area contributed by atoms with Crippen molar-refractivity contribution >= 4 is 51.4 Å². The topological polar surface area (TPSA) is 0 Å². The van der Waals surface area contributed by atoms with Gasteiger partial charge in [0.15, 0.2) is 0 Å². The molecule has 1 aromatic carbocycles. The monoisotopic (exact) mass is 252 g/mol. The number of alkyl halides is 1. The highest BCUT2D eigenvalue weighted by Gasteiger charge is 2.29. The number of allylic oxidation sites excluding steroid dienone is 1. The molecule has 1 aromatic rings. The molecule has 0 bridgehead atoms. The lowest BCUT2D eigenvalue weighted by Crippen LogP contribution is -1.86. The fourth-order valence-electron chi connectivity index (χ4n) is 1.35. The van der Waals surface area contributed by atoms with E-state index in [9.17, 15) is 0 Å². The Labute approximate surface area is 96.0 Å². The van der Waals surface area contributed by atoms with Gasteiger partial charge in [-0.1, -0.05) is 46.9 Å². The third kappa shape index (κ3) is 1.37. The van der Waals surface area contributed by atoms with Crippen molar-refractivity contribution < 1.29 is 0 Å². The van der Waals surface area contributed by atoms with Gasteiger partial charge in [0, 0.05) is 10.6 Å². The third-order valence-corrected chi connectivity index (χ3v) is 3.75. The molecule has 0 saturated carbocycles. The van der Waals surface area contributed by atoms with Gasteiger partial charge in [-0.05, 0) is 11.6 Å². The summed E-state index contributed by atoms with van der Waals surface area (Å²) in [6.07, 6.45) is 0. The summed E-state index contributed by atoms with van der Waals surface area (Å²) in [4.78, 5) is 0. The fraction of sp³-hybridized carbons (Fsp3) is 0.111. The maximum atomic E-state index is 6.03. The molecule has 0 heterocycles. The fourth-order valence-corrected chi connectivity index (χ4v) is 2.55. The van der Waals surface area contributed by atoms with Crippen molar-refractivity contribution in [2.45, 2.75) is 5.38 Å². The summed E-state index contributed by atoms with van der Waals surface area (Å²) < 4.78 is 0. The SMILES string of the molecule is ClC1=C(Cl)C(Cl)c2cccc(Cl)c21. The highest BCUT2D eigenvalue weighted by molar-refractivity contribution is 6.58. The Kier molecular flexibility index (Phi) is 2.50. The predicted octanol–water partition coefficient (Wildman–Crippen LogP) is 4.78. The molecule has 0 N–H and O–H groups in total. The number of benzene rings is 1. The van der Waals surface area contributed by atoms with E-state index in [2.05, 4.69) is 0 Å². The zero-order valence-corrected chi connectivity index (χ0v) is 9.34. The van der Waals surface area contributed by atoms with Gasteiger partial charge in [0.2, 0.25) is 0 Å². The quantitative estimate of drug-likeness (QED) is 0.584. The summed E-state index contributed by atoms with van der Waals surface area (Å²) in [6.45, 7) is 0. The highest BCUT2D eigenvalue weighted by atomic mass is 35.5. The summed E-state index contributed by atoms with van der Waals surface area (Å²) in [5.41, 5.74) is 1.64. The smallest absolute Gasteiger partial charge is 0.0963 e. The lowest BCUT2D eigenvalue weighted by Gasteiger charge is -2.03. The molecular weight excluding hydrogens is 250 g/mol. The normalized spacial score (nSPS) is 20.8. The van der Waals surface area contributed by atoms with Crippen LogP contribution in [0.1, 0.15) is 16.5 Å². The Morgan fingerprint density at radius 2 is 1.77 bits per heavy atom. The molecule has 1 atom stereocenters. The molecule has 1 unspecified atom stereocenters. The molecule has 0 aliphatic heterocycles. The Morgan fingerprint density at radius 3 is 2.38 bits per heavy atom. The number of halogens is 4. The van der Waals surface area contributed by atoms with Crippen molar-refractivity contribution in [2.75, 3.05) is 0 Å². The van der Waals surface area contributed by atoms with E-state index in [1.54, 1.807) is 6.07 Å². The van der Waals surface area contributed by atoms with Crippen molar-refractivity contribution in [3.05, 3.63) is 39.4 Å². The third-order valence-electron chi connectivity index (χ3n) is 1.97. The highest BCUT2D eigenvalue weighted by Crippen LogP contribution is 2.49. The van der Waals surface area contributed by atoms with Crippen LogP contribution in [0.4, 0.5) is 0 Å². The Morgan fingerprint density at radius 1 is 1.08 bits per heavy atom. The van der Waals surface area contributed by atoms with Gasteiger partial charge in [0.1, 0.15) is 0 Å². The maximum Gasteiger partial charge on any atom is 0.0963 e. The number of rotatable bonds is 0. The van der Waals surface area contributed by atoms with Crippen LogP contribution in [0.15, 0.2) is 23.2 Å². The van der Waals surface area contributed by atoms with Gasteiger partial charge in [-0.15, -0.1) is 11.6 Å². The number of hydrogen-bond donors (Lipinski definition) is 0. The van der Waals surface area contributed by atoms with Crippen LogP contribution in [0.3, 0.4) is 0 Å². The van der Waals surface area contributed by atoms with Crippen LogP contribution in [0.25, 0.3) is 5.03 Å². The zero-order valence-electron chi connectivity index (χ0n) is 6.32. The molecule has 0 saturated heterocycles. The summed E-state index contributed by atoms with van der Waals surface area (Å²) in [5, 5.41) is 1.14. The van der Waals surface area contributed by atoms with Gasteiger partial charge in [0.05, 0.1) is 15.4 Å². The van der Waals surface area contributed by atoms with Crippen molar-refractivity contribution in [1.29, 1.82) is 0 Å². The molecule has 4 heteroatoms. The van der Waals surface area contributed by atoms with E-state index in [0.29, 0.717) is 15.1 Å². The van der Waals surface area contributed by atoms with E-state index in [4.69, 9.17) is 46.4 Å². The molecule has 1 aliphatic carbocycles. The molecule has 0 radical (unpaired) electrons. The minimum atomic E-state index is -0.358. The Hall–Kier alpha value is 0.120. The van der Waals surface area contributed by atoms with Crippen LogP contribution in [-0.4, -0.2) is 0 Å². The number of hydrogen-bond acceptors (Lipinski definition) is 0. The van der Waals surface area contributed by atoms with Crippen LogP contribution in [0, 0.1) is 0 Å². The standard InChI is InChI=1S/C9H4Cl4/c10-5-3-1-2-4-6(5)8(12)9(13)7(4)11/h1-3,7H. The first kappa shape index (κ1) is 9.67. The first-order valence-corrected chi connectivity index (χ1v) is 5.18. The van der Waals surface area contributed by atoms with E-state index in [1.807, 2.05) is 12.1 Å². The van der Waals surface area contributed by atoms with Crippen molar-refractivity contribution in [2.24, 2.45) is 0 Å². The van der Waals surface area contributed by atoms with Crippen LogP contribution in [0.2, 0.25) is 5.02 Å². The molecule has 0 amide bonds. The first-order valence-electron chi connectivity index (χ1n) is 3.61. The number of fused-ring (bicyclic) bond motifs is 1. The maximum absolute atomic E-state index is 6.03. The zero-order chi connectivity index (χ0) is 9.59. The molecule has 0 fully saturated rings. The van der Waals surface area contributed by atoms with Gasteiger partial charge in [-0.3, -0.25) is 0 Å². The summed E-state index contributed by atoms with van der Waals surface area (Å²) in [6, 6.07) is 5.47. The molecule has 1 aliphatic rings. The molecule has 13 heavy (non-hydrogen) atoms. The van der Waals surface area contributed by atoms with Crippen LogP contribution in [-0.2, 0) is 0 Å². The predicted molar refractivity (Wildman–Crippen MR) is 58.7 cm³/mol.